The molecule has 3 atom stereocenters. The molecule has 2 aliphatic heterocycles. The fourth-order valence-electron chi connectivity index (χ4n) is 2.12. The van der Waals surface area contributed by atoms with Gasteiger partial charge in [-0.2, -0.15) is 10.5 Å². The maximum atomic E-state index is 11.3. The average molecular weight is 342 g/mol. The second kappa shape index (κ2) is 11.0. The summed E-state index contributed by atoms with van der Waals surface area (Å²) in [5, 5.41) is 23.8. The molecule has 10 nitrogen and oxygen atoms in total. The normalized spacial score (nSPS) is 23.7. The molecule has 2 fully saturated rings. The third kappa shape index (κ3) is 7.13. The van der Waals surface area contributed by atoms with Gasteiger partial charge in [0, 0.05) is 6.61 Å². The van der Waals surface area contributed by atoms with Crippen LogP contribution in [0.25, 0.3) is 0 Å². The number of ether oxygens (including phenoxy) is 5. The van der Waals surface area contributed by atoms with Gasteiger partial charge in [-0.25, -0.2) is 0 Å². The maximum absolute atomic E-state index is 11.3. The summed E-state index contributed by atoms with van der Waals surface area (Å²) in [5.74, 6) is -1.35. The predicted molar refractivity (Wildman–Crippen MR) is 74.0 cm³/mol. The van der Waals surface area contributed by atoms with Gasteiger partial charge < -0.3 is 28.8 Å². The Labute approximate surface area is 138 Å². The standard InChI is InChI=1S/C10H13NO5.C4H5NO3/c11-6-13-3-2-9(12)16-8-5-15-7-1-4-14-10(7)8;5-3-8-2-1-4(6)7/h7-8,10H,1-5H2;1-2H2,(H,6,7)/t7-,8?,10+;/m1./s1. The lowest BCUT2D eigenvalue weighted by Crippen LogP contribution is -2.32. The molecule has 1 unspecified atom stereocenters. The van der Waals surface area contributed by atoms with Gasteiger partial charge in [-0.15, -0.1) is 0 Å². The minimum Gasteiger partial charge on any atom is -0.481 e. The van der Waals surface area contributed by atoms with Crippen molar-refractivity contribution in [1.29, 1.82) is 10.5 Å². The van der Waals surface area contributed by atoms with Crippen molar-refractivity contribution < 1.29 is 38.4 Å². The summed E-state index contributed by atoms with van der Waals surface area (Å²) in [4.78, 5) is 21.0. The number of carboxylic acids is 1. The smallest absolute Gasteiger partial charge is 0.309 e. The number of carbonyl (C=O) groups excluding carboxylic acids is 1. The molecule has 24 heavy (non-hydrogen) atoms. The van der Waals surface area contributed by atoms with Gasteiger partial charge in [0.15, 0.2) is 6.10 Å². The van der Waals surface area contributed by atoms with Crippen LogP contribution in [-0.4, -0.2) is 61.8 Å². The van der Waals surface area contributed by atoms with Crippen molar-refractivity contribution in [2.75, 3.05) is 26.4 Å². The van der Waals surface area contributed by atoms with Crippen molar-refractivity contribution in [1.82, 2.24) is 0 Å². The van der Waals surface area contributed by atoms with Gasteiger partial charge in [-0.3, -0.25) is 9.59 Å². The summed E-state index contributed by atoms with van der Waals surface area (Å²) >= 11 is 0. The summed E-state index contributed by atoms with van der Waals surface area (Å²) in [6.45, 7) is 1.06. The van der Waals surface area contributed by atoms with E-state index in [2.05, 4.69) is 9.47 Å². The SMILES string of the molecule is N#COCCC(=O)O.N#COCCC(=O)OC1CO[C@@H]2CCO[C@H]12. The molecule has 0 aromatic heterocycles. The van der Waals surface area contributed by atoms with Crippen molar-refractivity contribution in [3.63, 3.8) is 0 Å². The van der Waals surface area contributed by atoms with Crippen LogP contribution in [0.4, 0.5) is 0 Å². The third-order valence-corrected chi connectivity index (χ3v) is 3.16. The first-order valence-electron chi connectivity index (χ1n) is 7.24. The van der Waals surface area contributed by atoms with E-state index in [4.69, 9.17) is 29.8 Å². The van der Waals surface area contributed by atoms with Crippen LogP contribution < -0.4 is 0 Å². The fraction of sp³-hybridized carbons (Fsp3) is 0.714. The van der Waals surface area contributed by atoms with Crippen LogP contribution in [0, 0.1) is 23.0 Å². The Balaban J connectivity index is 0.000000307. The highest BCUT2D eigenvalue weighted by Crippen LogP contribution is 2.28. The van der Waals surface area contributed by atoms with E-state index in [0.717, 1.165) is 6.42 Å². The Bertz CT molecular complexity index is 498. The number of nitriles is 2. The third-order valence-electron chi connectivity index (χ3n) is 3.16. The zero-order chi connectivity index (χ0) is 17.8. The lowest BCUT2D eigenvalue weighted by molar-refractivity contribution is -0.154. The Morgan fingerprint density at radius 1 is 1.12 bits per heavy atom. The number of carboxylic acid groups (broad SMARTS) is 1. The van der Waals surface area contributed by atoms with Crippen molar-refractivity contribution in [2.45, 2.75) is 37.6 Å². The number of esters is 1. The molecule has 10 heteroatoms. The number of hydrogen-bond donors (Lipinski definition) is 1. The van der Waals surface area contributed by atoms with Crippen molar-refractivity contribution in [3.05, 3.63) is 0 Å². The van der Waals surface area contributed by atoms with E-state index < -0.39 is 5.97 Å². The quantitative estimate of drug-likeness (QED) is 0.378. The minimum absolute atomic E-state index is 0.0359. The molecule has 0 aliphatic carbocycles. The predicted octanol–water partition coefficient (Wildman–Crippen LogP) is -0.0675. The zero-order valence-corrected chi connectivity index (χ0v) is 12.9. The zero-order valence-electron chi connectivity index (χ0n) is 12.9. The molecular weight excluding hydrogens is 324 g/mol. The first kappa shape index (κ1) is 19.5. The molecule has 2 aliphatic rings. The molecule has 2 rings (SSSR count). The van der Waals surface area contributed by atoms with Crippen molar-refractivity contribution in [3.8, 4) is 12.5 Å². The molecule has 0 spiro atoms. The molecule has 0 aromatic rings. The van der Waals surface area contributed by atoms with Gasteiger partial charge in [0.05, 0.1) is 25.6 Å². The highest BCUT2D eigenvalue weighted by Gasteiger charge is 2.43. The van der Waals surface area contributed by atoms with Crippen LogP contribution in [0.2, 0.25) is 0 Å². The Hall–Kier alpha value is -2.56. The van der Waals surface area contributed by atoms with Crippen LogP contribution in [0.5, 0.6) is 0 Å². The molecule has 0 radical (unpaired) electrons. The van der Waals surface area contributed by atoms with Gasteiger partial charge in [0.1, 0.15) is 19.3 Å². The number of fused-ring (bicyclic) bond motifs is 1. The summed E-state index contributed by atoms with van der Waals surface area (Å²) in [6, 6.07) is 0. The Morgan fingerprint density at radius 3 is 2.42 bits per heavy atom. The van der Waals surface area contributed by atoms with Gasteiger partial charge in [-0.05, 0) is 6.42 Å². The molecule has 132 valence electrons. The molecule has 2 saturated heterocycles. The van der Waals surface area contributed by atoms with Gasteiger partial charge in [0.2, 0.25) is 0 Å². The number of nitrogens with zero attached hydrogens (tertiary/aromatic N) is 2. The van der Waals surface area contributed by atoms with Crippen LogP contribution in [0.1, 0.15) is 19.3 Å². The minimum atomic E-state index is -0.958. The molecule has 1 N–H and O–H groups in total. The van der Waals surface area contributed by atoms with Crippen LogP contribution in [-0.2, 0) is 33.3 Å². The molecule has 0 amide bonds. The fourth-order valence-corrected chi connectivity index (χ4v) is 2.12. The highest BCUT2D eigenvalue weighted by molar-refractivity contribution is 5.69. The number of rotatable bonds is 7. The summed E-state index contributed by atoms with van der Waals surface area (Å²) in [7, 11) is 0. The molecule has 0 aromatic carbocycles. The summed E-state index contributed by atoms with van der Waals surface area (Å²) in [6.07, 6.45) is 3.29. The van der Waals surface area contributed by atoms with E-state index in [9.17, 15) is 9.59 Å². The largest absolute Gasteiger partial charge is 0.481 e. The van der Waals surface area contributed by atoms with E-state index in [-0.39, 0.29) is 50.3 Å². The van der Waals surface area contributed by atoms with E-state index in [0.29, 0.717) is 13.2 Å². The van der Waals surface area contributed by atoms with E-state index >= 15 is 0 Å². The number of carbonyl (C=O) groups is 2. The van der Waals surface area contributed by atoms with E-state index in [1.165, 1.54) is 12.5 Å². The number of aliphatic carboxylic acids is 1. The van der Waals surface area contributed by atoms with Crippen molar-refractivity contribution >= 4 is 11.9 Å². The van der Waals surface area contributed by atoms with E-state index in [1.807, 2.05) is 0 Å². The van der Waals surface area contributed by atoms with Crippen LogP contribution in [0.3, 0.4) is 0 Å². The summed E-state index contributed by atoms with van der Waals surface area (Å²) in [5.41, 5.74) is 0. The lowest BCUT2D eigenvalue weighted by Gasteiger charge is -2.16. The monoisotopic (exact) mass is 342 g/mol. The summed E-state index contributed by atoms with van der Waals surface area (Å²) < 4.78 is 24.5. The van der Waals surface area contributed by atoms with Gasteiger partial charge in [-0.1, -0.05) is 0 Å². The molecule has 0 bridgehead atoms. The highest BCUT2D eigenvalue weighted by atomic mass is 16.6. The first-order valence-corrected chi connectivity index (χ1v) is 7.24. The maximum Gasteiger partial charge on any atom is 0.309 e. The topological polar surface area (TPSA) is 148 Å². The first-order chi connectivity index (χ1) is 11.6. The van der Waals surface area contributed by atoms with Crippen LogP contribution in [0.15, 0.2) is 0 Å². The van der Waals surface area contributed by atoms with E-state index in [1.54, 1.807) is 0 Å². The Morgan fingerprint density at radius 2 is 1.79 bits per heavy atom. The average Bonchev–Trinajstić information content (AvgIpc) is 3.13. The Kier molecular flexibility index (Phi) is 8.97. The van der Waals surface area contributed by atoms with Gasteiger partial charge in [0.25, 0.3) is 12.5 Å². The second-order valence-corrected chi connectivity index (χ2v) is 4.80. The second-order valence-electron chi connectivity index (χ2n) is 4.80. The molecule has 2 heterocycles. The van der Waals surface area contributed by atoms with Crippen LogP contribution >= 0.6 is 0 Å². The number of hydrogen-bond acceptors (Lipinski definition) is 9. The molecule has 0 saturated carbocycles. The van der Waals surface area contributed by atoms with Gasteiger partial charge >= 0.3 is 11.9 Å². The lowest BCUT2D eigenvalue weighted by atomic mass is 10.1. The van der Waals surface area contributed by atoms with Crippen molar-refractivity contribution in [2.24, 2.45) is 0 Å². The molecular formula is C14H18N2O8.